The van der Waals surface area contributed by atoms with Gasteiger partial charge in [0, 0.05) is 24.8 Å². The molecule has 1 aliphatic rings. The Labute approximate surface area is 164 Å². The molecule has 1 aliphatic heterocycles. The lowest BCUT2D eigenvalue weighted by Crippen LogP contribution is -2.32. The number of rotatable bonds is 5. The van der Waals surface area contributed by atoms with Crippen molar-refractivity contribution in [1.29, 1.82) is 0 Å². The molecule has 28 heavy (non-hydrogen) atoms. The highest BCUT2D eigenvalue weighted by Gasteiger charge is 2.38. The zero-order chi connectivity index (χ0) is 20.4. The number of amides is 3. The first-order chi connectivity index (χ1) is 13.3. The van der Waals surface area contributed by atoms with E-state index in [0.717, 1.165) is 16.8 Å². The Bertz CT molecular complexity index is 991. The van der Waals surface area contributed by atoms with Gasteiger partial charge in [-0.25, -0.2) is 0 Å². The van der Waals surface area contributed by atoms with Crippen LogP contribution in [0.15, 0.2) is 48.2 Å². The van der Waals surface area contributed by atoms with Gasteiger partial charge < -0.3 is 10.6 Å². The van der Waals surface area contributed by atoms with E-state index in [0.29, 0.717) is 23.4 Å². The molecule has 6 nitrogen and oxygen atoms in total. The molecule has 1 heterocycles. The third-order valence-corrected chi connectivity index (χ3v) is 4.84. The number of nitrogens with zero attached hydrogens (tertiary/aromatic N) is 1. The summed E-state index contributed by atoms with van der Waals surface area (Å²) in [7, 11) is 0. The number of aryl methyl sites for hydroxylation is 1. The molecule has 0 aliphatic carbocycles. The van der Waals surface area contributed by atoms with E-state index in [1.807, 2.05) is 32.0 Å². The van der Waals surface area contributed by atoms with Crippen molar-refractivity contribution in [1.82, 2.24) is 4.90 Å². The molecule has 0 unspecified atom stereocenters. The summed E-state index contributed by atoms with van der Waals surface area (Å²) >= 11 is 0. The molecule has 0 spiro atoms. The SMILES string of the molecule is CCN1C(=O)C(Nc2cccc(C)c2C)=C(c2ccc(NC(C)=O)cc2)C1=O. The number of carbonyl (C=O) groups is 3. The number of anilines is 2. The Morgan fingerprint density at radius 3 is 2.29 bits per heavy atom. The van der Waals surface area contributed by atoms with Gasteiger partial charge in [0.15, 0.2) is 0 Å². The van der Waals surface area contributed by atoms with Crippen LogP contribution in [0, 0.1) is 13.8 Å². The molecule has 2 aromatic rings. The van der Waals surface area contributed by atoms with Gasteiger partial charge in [-0.1, -0.05) is 24.3 Å². The van der Waals surface area contributed by atoms with E-state index in [9.17, 15) is 14.4 Å². The lowest BCUT2D eigenvalue weighted by molar-refractivity contribution is -0.136. The molecule has 2 N–H and O–H groups in total. The summed E-state index contributed by atoms with van der Waals surface area (Å²) in [5.41, 5.74) is 4.76. The van der Waals surface area contributed by atoms with Crippen molar-refractivity contribution in [2.45, 2.75) is 27.7 Å². The van der Waals surface area contributed by atoms with E-state index in [4.69, 9.17) is 0 Å². The van der Waals surface area contributed by atoms with Crippen LogP contribution < -0.4 is 10.6 Å². The second kappa shape index (κ2) is 7.68. The molecule has 0 saturated carbocycles. The maximum absolute atomic E-state index is 12.9. The van der Waals surface area contributed by atoms with Gasteiger partial charge in [0.05, 0.1) is 5.57 Å². The average Bonchev–Trinajstić information content (AvgIpc) is 2.89. The van der Waals surface area contributed by atoms with E-state index < -0.39 is 0 Å². The number of carbonyl (C=O) groups excluding carboxylic acids is 3. The maximum atomic E-state index is 12.9. The monoisotopic (exact) mass is 377 g/mol. The van der Waals surface area contributed by atoms with Gasteiger partial charge in [0.1, 0.15) is 5.70 Å². The Hall–Kier alpha value is -3.41. The zero-order valence-electron chi connectivity index (χ0n) is 16.4. The lowest BCUT2D eigenvalue weighted by atomic mass is 10.0. The number of imide groups is 1. The third kappa shape index (κ3) is 3.53. The van der Waals surface area contributed by atoms with Gasteiger partial charge in [-0.05, 0) is 55.7 Å². The van der Waals surface area contributed by atoms with E-state index >= 15 is 0 Å². The molecule has 0 aromatic heterocycles. The van der Waals surface area contributed by atoms with E-state index in [1.165, 1.54) is 11.8 Å². The van der Waals surface area contributed by atoms with Crippen LogP contribution in [0.5, 0.6) is 0 Å². The quantitative estimate of drug-likeness (QED) is 0.782. The minimum atomic E-state index is -0.339. The van der Waals surface area contributed by atoms with Crippen LogP contribution in [0.3, 0.4) is 0 Å². The molecule has 2 aromatic carbocycles. The van der Waals surface area contributed by atoms with Crippen LogP contribution in [-0.4, -0.2) is 29.2 Å². The summed E-state index contributed by atoms with van der Waals surface area (Å²) in [6.07, 6.45) is 0. The molecule has 0 radical (unpaired) electrons. The molecule has 0 atom stereocenters. The topological polar surface area (TPSA) is 78.5 Å². The minimum absolute atomic E-state index is 0.173. The van der Waals surface area contributed by atoms with Gasteiger partial charge >= 0.3 is 0 Å². The molecular weight excluding hydrogens is 354 g/mol. The van der Waals surface area contributed by atoms with Crippen molar-refractivity contribution in [3.63, 3.8) is 0 Å². The highest BCUT2D eigenvalue weighted by atomic mass is 16.2. The summed E-state index contributed by atoms with van der Waals surface area (Å²) in [4.78, 5) is 38.2. The van der Waals surface area contributed by atoms with Crippen molar-refractivity contribution in [2.75, 3.05) is 17.2 Å². The number of likely N-dealkylation sites (N-methyl/N-ethyl adjacent to an activating group) is 1. The van der Waals surface area contributed by atoms with Crippen molar-refractivity contribution >= 4 is 34.7 Å². The second-order valence-corrected chi connectivity index (χ2v) is 6.74. The smallest absolute Gasteiger partial charge is 0.278 e. The summed E-state index contributed by atoms with van der Waals surface area (Å²) in [5, 5.41) is 5.88. The van der Waals surface area contributed by atoms with Gasteiger partial charge in [-0.3, -0.25) is 19.3 Å². The molecule has 3 rings (SSSR count). The Kier molecular flexibility index (Phi) is 5.31. The van der Waals surface area contributed by atoms with Crippen molar-refractivity contribution in [3.05, 3.63) is 64.9 Å². The molecule has 0 fully saturated rings. The number of hydrogen-bond donors (Lipinski definition) is 2. The molecule has 0 saturated heterocycles. The normalized spacial score (nSPS) is 13.9. The lowest BCUT2D eigenvalue weighted by Gasteiger charge is -2.14. The van der Waals surface area contributed by atoms with Crippen molar-refractivity contribution in [3.8, 4) is 0 Å². The number of nitrogens with one attached hydrogen (secondary N) is 2. The number of benzene rings is 2. The third-order valence-electron chi connectivity index (χ3n) is 4.84. The molecule has 144 valence electrons. The Morgan fingerprint density at radius 2 is 1.68 bits per heavy atom. The van der Waals surface area contributed by atoms with E-state index in [1.54, 1.807) is 31.2 Å². The molecule has 3 amide bonds. The number of hydrogen-bond acceptors (Lipinski definition) is 4. The van der Waals surface area contributed by atoms with Gasteiger partial charge in [-0.15, -0.1) is 0 Å². The minimum Gasteiger partial charge on any atom is -0.350 e. The molecule has 0 bridgehead atoms. The highest BCUT2D eigenvalue weighted by molar-refractivity contribution is 6.36. The van der Waals surface area contributed by atoms with E-state index in [-0.39, 0.29) is 23.4 Å². The van der Waals surface area contributed by atoms with Crippen LogP contribution in [0.25, 0.3) is 5.57 Å². The predicted octanol–water partition coefficient (Wildman–Crippen LogP) is 3.47. The van der Waals surface area contributed by atoms with Crippen LogP contribution in [0.4, 0.5) is 11.4 Å². The largest absolute Gasteiger partial charge is 0.350 e. The first kappa shape index (κ1) is 19.4. The van der Waals surface area contributed by atoms with Crippen molar-refractivity contribution in [2.24, 2.45) is 0 Å². The Morgan fingerprint density at radius 1 is 1.00 bits per heavy atom. The predicted molar refractivity (Wildman–Crippen MR) is 110 cm³/mol. The summed E-state index contributed by atoms with van der Waals surface area (Å²) < 4.78 is 0. The summed E-state index contributed by atoms with van der Waals surface area (Å²) in [6.45, 7) is 7.47. The van der Waals surface area contributed by atoms with Gasteiger partial charge in [-0.2, -0.15) is 0 Å². The standard InChI is InChI=1S/C22H23N3O3/c1-5-25-21(27)19(16-9-11-17(12-10-16)23-15(4)26)20(22(25)28)24-18-8-6-7-13(2)14(18)3/h6-12,24H,5H2,1-4H3,(H,23,26). The van der Waals surface area contributed by atoms with Crippen molar-refractivity contribution < 1.29 is 14.4 Å². The van der Waals surface area contributed by atoms with Gasteiger partial charge in [0.2, 0.25) is 5.91 Å². The molecular formula is C22H23N3O3. The van der Waals surface area contributed by atoms with Crippen LogP contribution in [0.1, 0.15) is 30.5 Å². The fourth-order valence-electron chi connectivity index (χ4n) is 3.19. The van der Waals surface area contributed by atoms with Gasteiger partial charge in [0.25, 0.3) is 11.8 Å². The maximum Gasteiger partial charge on any atom is 0.278 e. The van der Waals surface area contributed by atoms with Crippen LogP contribution in [0.2, 0.25) is 0 Å². The second-order valence-electron chi connectivity index (χ2n) is 6.74. The first-order valence-electron chi connectivity index (χ1n) is 9.15. The summed E-state index contributed by atoms with van der Waals surface area (Å²) in [5.74, 6) is -0.838. The first-order valence-corrected chi connectivity index (χ1v) is 9.15. The Balaban J connectivity index is 2.06. The van der Waals surface area contributed by atoms with Crippen LogP contribution >= 0.6 is 0 Å². The molecule has 6 heteroatoms. The average molecular weight is 377 g/mol. The fourth-order valence-corrected chi connectivity index (χ4v) is 3.19. The van der Waals surface area contributed by atoms with E-state index in [2.05, 4.69) is 10.6 Å². The fraction of sp³-hybridized carbons (Fsp3) is 0.227. The summed E-state index contributed by atoms with van der Waals surface area (Å²) in [6, 6.07) is 12.7. The zero-order valence-corrected chi connectivity index (χ0v) is 16.4. The van der Waals surface area contributed by atoms with Crippen LogP contribution in [-0.2, 0) is 14.4 Å². The highest BCUT2D eigenvalue weighted by Crippen LogP contribution is 2.32.